The normalized spacial score (nSPS) is 12.2. The number of carboxylic acids is 1. The van der Waals surface area contributed by atoms with Crippen LogP contribution in [0.15, 0.2) is 52.4 Å². The van der Waals surface area contributed by atoms with Crippen molar-refractivity contribution in [1.82, 2.24) is 8.97 Å². The lowest BCUT2D eigenvalue weighted by molar-refractivity contribution is -0.138. The molecular formula is C18H15ClN2O5. The largest absolute Gasteiger partial charge is 0.503 e. The molecule has 0 saturated carbocycles. The number of pyridine rings is 1. The zero-order valence-electron chi connectivity index (χ0n) is 13.7. The van der Waals surface area contributed by atoms with Gasteiger partial charge < -0.3 is 19.2 Å². The van der Waals surface area contributed by atoms with Crippen molar-refractivity contribution in [3.8, 4) is 5.75 Å². The van der Waals surface area contributed by atoms with E-state index in [0.29, 0.717) is 5.02 Å². The van der Waals surface area contributed by atoms with Crippen LogP contribution < -0.4 is 11.0 Å². The van der Waals surface area contributed by atoms with Crippen LogP contribution in [0.1, 0.15) is 24.0 Å². The van der Waals surface area contributed by atoms with E-state index in [2.05, 4.69) is 0 Å². The molecule has 0 spiro atoms. The van der Waals surface area contributed by atoms with Gasteiger partial charge in [-0.3, -0.25) is 14.4 Å². The average Bonchev–Trinajstić information content (AvgIpc) is 2.59. The average molecular weight is 375 g/mol. The van der Waals surface area contributed by atoms with Crippen LogP contribution in [0.25, 0.3) is 5.52 Å². The number of hydrogen-bond acceptors (Lipinski definition) is 4. The molecule has 1 atom stereocenters. The van der Waals surface area contributed by atoms with Crippen molar-refractivity contribution in [2.45, 2.75) is 19.4 Å². The third-order valence-electron chi connectivity index (χ3n) is 4.19. The predicted molar refractivity (Wildman–Crippen MR) is 96.2 cm³/mol. The predicted octanol–water partition coefficient (Wildman–Crippen LogP) is 2.06. The second-order valence-corrected chi connectivity index (χ2v) is 6.38. The van der Waals surface area contributed by atoms with E-state index < -0.39 is 28.6 Å². The van der Waals surface area contributed by atoms with Crippen LogP contribution in [0.3, 0.4) is 0 Å². The van der Waals surface area contributed by atoms with Gasteiger partial charge in [-0.15, -0.1) is 0 Å². The van der Waals surface area contributed by atoms with Gasteiger partial charge in [0.25, 0.3) is 5.56 Å². The van der Waals surface area contributed by atoms with Crippen LogP contribution in [0.2, 0.25) is 5.02 Å². The Hall–Kier alpha value is -3.06. The standard InChI is InChI=1S/C18H15ClN2O5/c1-10(18(25)26)13-9-20-5-6-21(8-11-3-2-4-12(19)7-11)17(24)14(20)16(23)15(13)22/h2-7,9-10,23H,8H2,1H3,(H,25,26). The van der Waals surface area contributed by atoms with Crippen molar-refractivity contribution < 1.29 is 15.0 Å². The maximum Gasteiger partial charge on any atom is 0.310 e. The number of aromatic nitrogens is 2. The Morgan fingerprint density at radius 1 is 1.27 bits per heavy atom. The molecule has 0 saturated heterocycles. The van der Waals surface area contributed by atoms with Gasteiger partial charge in [-0.2, -0.15) is 0 Å². The molecule has 0 bridgehead atoms. The number of rotatable bonds is 4. The minimum atomic E-state index is -1.20. The summed E-state index contributed by atoms with van der Waals surface area (Å²) in [6.07, 6.45) is 4.25. The minimum Gasteiger partial charge on any atom is -0.503 e. The number of carbonyl (C=O) groups is 1. The monoisotopic (exact) mass is 374 g/mol. The molecule has 1 aromatic carbocycles. The number of benzene rings is 1. The zero-order valence-corrected chi connectivity index (χ0v) is 14.5. The van der Waals surface area contributed by atoms with Gasteiger partial charge in [0.1, 0.15) is 0 Å². The van der Waals surface area contributed by atoms with Crippen molar-refractivity contribution in [3.05, 3.63) is 79.6 Å². The van der Waals surface area contributed by atoms with Crippen LogP contribution in [-0.4, -0.2) is 25.2 Å². The first-order chi connectivity index (χ1) is 12.3. The van der Waals surface area contributed by atoms with Gasteiger partial charge in [0.2, 0.25) is 5.43 Å². The first-order valence-corrected chi connectivity index (χ1v) is 8.12. The lowest BCUT2D eigenvalue weighted by Gasteiger charge is -2.12. The molecule has 26 heavy (non-hydrogen) atoms. The Kier molecular flexibility index (Phi) is 4.56. The highest BCUT2D eigenvalue weighted by Crippen LogP contribution is 2.18. The summed E-state index contributed by atoms with van der Waals surface area (Å²) in [5.41, 5.74) is -0.962. The van der Waals surface area contributed by atoms with E-state index in [-0.39, 0.29) is 17.6 Å². The quantitative estimate of drug-likeness (QED) is 0.728. The molecule has 7 nitrogen and oxygen atoms in total. The summed E-state index contributed by atoms with van der Waals surface area (Å²) in [5, 5.41) is 19.9. The van der Waals surface area contributed by atoms with E-state index in [0.717, 1.165) is 5.56 Å². The third-order valence-corrected chi connectivity index (χ3v) is 4.42. The minimum absolute atomic E-state index is 0.0977. The van der Waals surface area contributed by atoms with Crippen LogP contribution in [0.5, 0.6) is 5.75 Å². The molecule has 2 N–H and O–H groups in total. The summed E-state index contributed by atoms with van der Waals surface area (Å²) in [6, 6.07) is 6.98. The molecule has 8 heteroatoms. The fraction of sp³-hybridized carbons (Fsp3) is 0.167. The first-order valence-electron chi connectivity index (χ1n) is 7.74. The van der Waals surface area contributed by atoms with E-state index >= 15 is 0 Å². The smallest absolute Gasteiger partial charge is 0.310 e. The lowest BCUT2D eigenvalue weighted by Crippen LogP contribution is -2.26. The van der Waals surface area contributed by atoms with Gasteiger partial charge in [0.05, 0.1) is 12.5 Å². The Morgan fingerprint density at radius 3 is 2.65 bits per heavy atom. The maximum atomic E-state index is 12.7. The van der Waals surface area contributed by atoms with Gasteiger partial charge >= 0.3 is 5.97 Å². The van der Waals surface area contributed by atoms with Gasteiger partial charge in [-0.1, -0.05) is 23.7 Å². The molecule has 0 radical (unpaired) electrons. The van der Waals surface area contributed by atoms with Gasteiger partial charge in [-0.05, 0) is 24.6 Å². The van der Waals surface area contributed by atoms with Crippen molar-refractivity contribution in [3.63, 3.8) is 0 Å². The molecule has 0 fully saturated rings. The van der Waals surface area contributed by atoms with Gasteiger partial charge in [-0.25, -0.2) is 0 Å². The molecule has 2 heterocycles. The van der Waals surface area contributed by atoms with Crippen molar-refractivity contribution in [2.24, 2.45) is 0 Å². The summed E-state index contributed by atoms with van der Waals surface area (Å²) in [6.45, 7) is 1.54. The second-order valence-electron chi connectivity index (χ2n) is 5.94. The van der Waals surface area contributed by atoms with E-state index in [4.69, 9.17) is 16.7 Å². The number of nitrogens with zero attached hydrogens (tertiary/aromatic N) is 2. The molecule has 0 amide bonds. The SMILES string of the molecule is CC(C(=O)O)c1cn2ccn(Cc3cccc(Cl)c3)c(=O)c2c(O)c1=O. The first kappa shape index (κ1) is 17.8. The zero-order chi connectivity index (χ0) is 19.0. The van der Waals surface area contributed by atoms with Gasteiger partial charge in [0, 0.05) is 29.2 Å². The van der Waals surface area contributed by atoms with Crippen LogP contribution in [-0.2, 0) is 11.3 Å². The highest BCUT2D eigenvalue weighted by molar-refractivity contribution is 6.30. The molecule has 1 unspecified atom stereocenters. The van der Waals surface area contributed by atoms with E-state index in [1.807, 2.05) is 0 Å². The molecule has 0 aliphatic heterocycles. The van der Waals surface area contributed by atoms with Crippen molar-refractivity contribution in [1.29, 1.82) is 0 Å². The number of hydrogen-bond donors (Lipinski definition) is 2. The Bertz CT molecular complexity index is 1130. The summed E-state index contributed by atoms with van der Waals surface area (Å²) < 4.78 is 2.60. The highest BCUT2D eigenvalue weighted by atomic mass is 35.5. The van der Waals surface area contributed by atoms with Crippen LogP contribution in [0, 0.1) is 0 Å². The fourth-order valence-corrected chi connectivity index (χ4v) is 2.94. The van der Waals surface area contributed by atoms with Gasteiger partial charge in [0.15, 0.2) is 11.3 Å². The molecule has 3 rings (SSSR count). The Morgan fingerprint density at radius 2 is 2.00 bits per heavy atom. The maximum absolute atomic E-state index is 12.7. The van der Waals surface area contributed by atoms with E-state index in [1.165, 1.54) is 34.5 Å². The fourth-order valence-electron chi connectivity index (χ4n) is 2.72. The number of aliphatic carboxylic acids is 1. The van der Waals surface area contributed by atoms with Crippen molar-refractivity contribution >= 4 is 23.1 Å². The molecule has 0 aliphatic rings. The van der Waals surface area contributed by atoms with Crippen LogP contribution in [0.4, 0.5) is 0 Å². The second kappa shape index (κ2) is 6.68. The topological polar surface area (TPSA) is 101 Å². The third kappa shape index (κ3) is 3.09. The number of fused-ring (bicyclic) bond motifs is 1. The van der Waals surface area contributed by atoms with E-state index in [1.54, 1.807) is 24.3 Å². The number of halogens is 1. The summed E-state index contributed by atoms with van der Waals surface area (Å²) >= 11 is 5.94. The highest BCUT2D eigenvalue weighted by Gasteiger charge is 2.22. The Labute approximate surface area is 152 Å². The molecule has 3 aromatic rings. The van der Waals surface area contributed by atoms with Crippen LogP contribution >= 0.6 is 11.6 Å². The Balaban J connectivity index is 2.17. The lowest BCUT2D eigenvalue weighted by atomic mass is 10.0. The molecule has 2 aromatic heterocycles. The molecular weight excluding hydrogens is 360 g/mol. The summed E-state index contributed by atoms with van der Waals surface area (Å²) in [5.74, 6) is -3.07. The molecule has 0 aliphatic carbocycles. The summed E-state index contributed by atoms with van der Waals surface area (Å²) in [7, 11) is 0. The summed E-state index contributed by atoms with van der Waals surface area (Å²) in [4.78, 5) is 36.1. The van der Waals surface area contributed by atoms with E-state index in [9.17, 15) is 19.5 Å². The number of aromatic hydroxyl groups is 1. The molecule has 134 valence electrons. The van der Waals surface area contributed by atoms with Crippen molar-refractivity contribution in [2.75, 3.05) is 0 Å². The number of carboxylic acid groups (broad SMARTS) is 1.